The predicted octanol–water partition coefficient (Wildman–Crippen LogP) is 3.45. The smallest absolute Gasteiger partial charge is 0.426 e. The Morgan fingerprint density at radius 1 is 1.38 bits per heavy atom. The highest BCUT2D eigenvalue weighted by atomic mass is 35.5. The number of halogens is 1. The summed E-state index contributed by atoms with van der Waals surface area (Å²) in [5.74, 6) is 0.954. The summed E-state index contributed by atoms with van der Waals surface area (Å²) in [5.41, 5.74) is 3.43. The minimum absolute atomic E-state index is 0.110. The molecule has 0 bridgehead atoms. The minimum Gasteiger partial charge on any atom is -0.443 e. The predicted molar refractivity (Wildman–Crippen MR) is 100.0 cm³/mol. The Hall–Kier alpha value is -2.09. The molecule has 0 aromatic carbocycles. The van der Waals surface area contributed by atoms with Crippen LogP contribution >= 0.6 is 11.6 Å². The molecule has 0 radical (unpaired) electrons. The summed E-state index contributed by atoms with van der Waals surface area (Å²) < 4.78 is 7.18. The van der Waals surface area contributed by atoms with Crippen LogP contribution in [0.2, 0.25) is 5.28 Å². The molecule has 0 saturated heterocycles. The SMILES string of the molecule is Cn1cnc2c(N(CC3CCCC3)NC(=O)OC(C)(C)C)nc(Cl)nc21. The zero-order valence-electron chi connectivity index (χ0n) is 15.6. The second kappa shape index (κ2) is 7.26. The number of hydrogen-bond donors (Lipinski definition) is 1. The first kappa shape index (κ1) is 18.7. The molecule has 142 valence electrons. The molecule has 0 atom stereocenters. The molecule has 9 heteroatoms. The van der Waals surface area contributed by atoms with Crippen molar-refractivity contribution in [2.24, 2.45) is 13.0 Å². The topological polar surface area (TPSA) is 85.2 Å². The molecule has 2 aromatic heterocycles. The number of ether oxygens (including phenoxy) is 1. The summed E-state index contributed by atoms with van der Waals surface area (Å²) in [6.07, 6.45) is 5.77. The molecule has 26 heavy (non-hydrogen) atoms. The number of nitrogens with one attached hydrogen (secondary N) is 1. The Balaban J connectivity index is 1.93. The van der Waals surface area contributed by atoms with E-state index in [1.54, 1.807) is 15.9 Å². The van der Waals surface area contributed by atoms with Crippen molar-refractivity contribution in [2.45, 2.75) is 52.1 Å². The Labute approximate surface area is 157 Å². The van der Waals surface area contributed by atoms with Crippen molar-refractivity contribution in [2.75, 3.05) is 11.6 Å². The highest BCUT2D eigenvalue weighted by Crippen LogP contribution is 2.29. The van der Waals surface area contributed by atoms with Crippen LogP contribution in [0, 0.1) is 5.92 Å². The van der Waals surface area contributed by atoms with Gasteiger partial charge in [0.1, 0.15) is 5.60 Å². The lowest BCUT2D eigenvalue weighted by atomic mass is 10.1. The maximum atomic E-state index is 12.4. The molecular formula is C17H25ClN6O2. The molecule has 8 nitrogen and oxygen atoms in total. The summed E-state index contributed by atoms with van der Waals surface area (Å²) >= 11 is 6.12. The first-order valence-electron chi connectivity index (χ1n) is 8.84. The van der Waals surface area contributed by atoms with E-state index in [-0.39, 0.29) is 5.28 Å². The number of nitrogens with zero attached hydrogens (tertiary/aromatic N) is 5. The normalized spacial score (nSPS) is 15.4. The molecule has 1 aliphatic rings. The van der Waals surface area contributed by atoms with E-state index in [4.69, 9.17) is 16.3 Å². The van der Waals surface area contributed by atoms with Gasteiger partial charge in [0.2, 0.25) is 5.28 Å². The molecule has 0 spiro atoms. The highest BCUT2D eigenvalue weighted by molar-refractivity contribution is 6.28. The highest BCUT2D eigenvalue weighted by Gasteiger charge is 2.26. The molecular weight excluding hydrogens is 356 g/mol. The fourth-order valence-electron chi connectivity index (χ4n) is 3.20. The number of rotatable bonds is 4. The van der Waals surface area contributed by atoms with Gasteiger partial charge in [-0.25, -0.2) is 15.2 Å². The molecule has 1 N–H and O–H groups in total. The number of anilines is 1. The molecule has 0 aliphatic heterocycles. The van der Waals surface area contributed by atoms with Crippen LogP contribution in [-0.4, -0.2) is 37.8 Å². The van der Waals surface area contributed by atoms with E-state index in [0.29, 0.717) is 29.4 Å². The zero-order valence-corrected chi connectivity index (χ0v) is 16.4. The van der Waals surface area contributed by atoms with Crippen molar-refractivity contribution >= 4 is 34.7 Å². The Morgan fingerprint density at radius 3 is 2.73 bits per heavy atom. The van der Waals surface area contributed by atoms with Crippen LogP contribution in [0.15, 0.2) is 6.33 Å². The van der Waals surface area contributed by atoms with Crippen LogP contribution in [0.25, 0.3) is 11.2 Å². The summed E-state index contributed by atoms with van der Waals surface area (Å²) in [5, 5.41) is 1.81. The van der Waals surface area contributed by atoms with Crippen molar-refractivity contribution in [1.82, 2.24) is 24.9 Å². The van der Waals surface area contributed by atoms with Gasteiger partial charge >= 0.3 is 6.09 Å². The molecule has 2 aromatic rings. The molecule has 1 fully saturated rings. The maximum Gasteiger partial charge on any atom is 0.426 e. The summed E-state index contributed by atoms with van der Waals surface area (Å²) in [6, 6.07) is 0. The van der Waals surface area contributed by atoms with E-state index in [1.807, 2.05) is 27.8 Å². The lowest BCUT2D eigenvalue weighted by molar-refractivity contribution is 0.0518. The average molecular weight is 381 g/mol. The van der Waals surface area contributed by atoms with Gasteiger partial charge in [-0.1, -0.05) is 12.8 Å². The standard InChI is InChI=1S/C17H25ClN6O2/c1-17(2,3)26-16(25)22-24(9-11-7-5-6-8-11)14-12-13(20-15(18)21-14)23(4)10-19-12/h10-11H,5-9H2,1-4H3,(H,22,25). The second-order valence-corrected chi connectivity index (χ2v) is 8.06. The van der Waals surface area contributed by atoms with E-state index >= 15 is 0 Å². The number of imidazole rings is 1. The largest absolute Gasteiger partial charge is 0.443 e. The van der Waals surface area contributed by atoms with Gasteiger partial charge in [0.25, 0.3) is 0 Å². The van der Waals surface area contributed by atoms with Crippen molar-refractivity contribution in [3.63, 3.8) is 0 Å². The van der Waals surface area contributed by atoms with Gasteiger partial charge in [-0.15, -0.1) is 0 Å². The third kappa shape index (κ3) is 4.35. The second-order valence-electron chi connectivity index (χ2n) is 7.72. The quantitative estimate of drug-likeness (QED) is 0.645. The van der Waals surface area contributed by atoms with Crippen molar-refractivity contribution < 1.29 is 9.53 Å². The van der Waals surface area contributed by atoms with Gasteiger partial charge in [0.05, 0.1) is 6.33 Å². The van der Waals surface area contributed by atoms with Crippen LogP contribution in [0.4, 0.5) is 10.6 Å². The lowest BCUT2D eigenvalue weighted by Crippen LogP contribution is -2.47. The van der Waals surface area contributed by atoms with E-state index in [1.165, 1.54) is 12.8 Å². The maximum absolute atomic E-state index is 12.4. The minimum atomic E-state index is -0.591. The number of hydrogen-bond acceptors (Lipinski definition) is 6. The summed E-state index contributed by atoms with van der Waals surface area (Å²) in [4.78, 5) is 25.3. The van der Waals surface area contributed by atoms with E-state index < -0.39 is 11.7 Å². The molecule has 3 rings (SSSR count). The average Bonchev–Trinajstić information content (AvgIpc) is 3.15. The third-order valence-corrected chi connectivity index (χ3v) is 4.48. The van der Waals surface area contributed by atoms with Crippen molar-refractivity contribution in [3.05, 3.63) is 11.6 Å². The number of carbonyl (C=O) groups excluding carboxylic acids is 1. The first-order valence-corrected chi connectivity index (χ1v) is 9.22. The van der Waals surface area contributed by atoms with E-state index in [2.05, 4.69) is 20.4 Å². The molecule has 2 heterocycles. The van der Waals surface area contributed by atoms with Crippen molar-refractivity contribution in [1.29, 1.82) is 0 Å². The summed E-state index contributed by atoms with van der Waals surface area (Å²) in [7, 11) is 1.84. The molecule has 0 unspecified atom stereocenters. The monoisotopic (exact) mass is 380 g/mol. The number of aryl methyl sites for hydroxylation is 1. The van der Waals surface area contributed by atoms with Crippen LogP contribution in [-0.2, 0) is 11.8 Å². The van der Waals surface area contributed by atoms with Crippen molar-refractivity contribution in [3.8, 4) is 0 Å². The number of aromatic nitrogens is 4. The van der Waals surface area contributed by atoms with Gasteiger partial charge < -0.3 is 9.30 Å². The van der Waals surface area contributed by atoms with E-state index in [0.717, 1.165) is 12.8 Å². The van der Waals surface area contributed by atoms with Crippen LogP contribution < -0.4 is 10.4 Å². The number of amides is 1. The number of hydrazine groups is 1. The third-order valence-electron chi connectivity index (χ3n) is 4.31. The van der Waals surface area contributed by atoms with Crippen LogP contribution in [0.5, 0.6) is 0 Å². The van der Waals surface area contributed by atoms with Gasteiger partial charge in [-0.2, -0.15) is 9.97 Å². The van der Waals surface area contributed by atoms with Gasteiger partial charge in [-0.05, 0) is 51.1 Å². The van der Waals surface area contributed by atoms with Crippen LogP contribution in [0.3, 0.4) is 0 Å². The molecule has 1 aliphatic carbocycles. The number of fused-ring (bicyclic) bond motifs is 1. The zero-order chi connectivity index (χ0) is 18.9. The lowest BCUT2D eigenvalue weighted by Gasteiger charge is -2.28. The van der Waals surface area contributed by atoms with E-state index in [9.17, 15) is 4.79 Å². The Morgan fingerprint density at radius 2 is 2.08 bits per heavy atom. The van der Waals surface area contributed by atoms with Gasteiger partial charge in [0, 0.05) is 13.6 Å². The molecule has 1 saturated carbocycles. The summed E-state index contributed by atoms with van der Waals surface area (Å²) in [6.45, 7) is 6.10. The Kier molecular flexibility index (Phi) is 5.22. The fourth-order valence-corrected chi connectivity index (χ4v) is 3.36. The number of carbonyl (C=O) groups is 1. The Bertz CT molecular complexity index is 794. The van der Waals surface area contributed by atoms with Crippen LogP contribution in [0.1, 0.15) is 46.5 Å². The molecule has 1 amide bonds. The van der Waals surface area contributed by atoms with Gasteiger partial charge in [0.15, 0.2) is 17.0 Å². The fraction of sp³-hybridized carbons (Fsp3) is 0.647. The first-order chi connectivity index (χ1) is 12.2. The van der Waals surface area contributed by atoms with Gasteiger partial charge in [-0.3, -0.25) is 5.01 Å².